The van der Waals surface area contributed by atoms with Crippen molar-refractivity contribution in [2.75, 3.05) is 13.7 Å². The summed E-state index contributed by atoms with van der Waals surface area (Å²) in [6.07, 6.45) is 5.03. The van der Waals surface area contributed by atoms with Crippen LogP contribution < -0.4 is 4.74 Å². The van der Waals surface area contributed by atoms with Crippen molar-refractivity contribution in [1.29, 1.82) is 0 Å². The van der Waals surface area contributed by atoms with Gasteiger partial charge in [-0.1, -0.05) is 49.6 Å². The monoisotopic (exact) mass is 445 g/mol. The maximum absolute atomic E-state index is 14.3. The number of benzene rings is 1. The molecule has 0 spiro atoms. The second-order valence-corrected chi connectivity index (χ2v) is 9.65. The Morgan fingerprint density at radius 3 is 2.53 bits per heavy atom. The van der Waals surface area contributed by atoms with Crippen LogP contribution in [0.5, 0.6) is 5.88 Å². The lowest BCUT2D eigenvalue weighted by molar-refractivity contribution is 0.0282. The van der Waals surface area contributed by atoms with E-state index in [4.69, 9.17) is 9.47 Å². The number of ether oxygens (including phenoxy) is 2. The molecular weight excluding hydrogens is 409 g/mol. The Kier molecular flexibility index (Phi) is 8.15. The molecule has 0 aliphatic heterocycles. The largest absolute Gasteiger partial charge is 0.473 e. The molecule has 176 valence electrons. The van der Waals surface area contributed by atoms with Crippen molar-refractivity contribution < 1.29 is 18.7 Å². The molecule has 1 aliphatic rings. The summed E-state index contributed by atoms with van der Waals surface area (Å²) >= 11 is 0. The lowest BCUT2D eigenvalue weighted by atomic mass is 9.84. The Hall–Kier alpha value is -2.57. The zero-order valence-electron chi connectivity index (χ0n) is 19.7. The SMILES string of the molecule is CN(Cc1cc(OCc2ccccc2)n(C(CF)C2CCCCC2)n1)C(=O)OC(C)(C)C. The van der Waals surface area contributed by atoms with E-state index in [1.165, 1.54) is 11.3 Å². The standard InChI is InChI=1S/C25H36FN3O3/c1-25(2,3)32-24(30)28(4)17-21-15-23(31-18-19-11-7-5-8-12-19)29(27-21)22(16-26)20-13-9-6-10-14-20/h5,7-8,11-12,15,20,22H,6,9-10,13-14,16-18H2,1-4H3. The van der Waals surface area contributed by atoms with Crippen molar-refractivity contribution in [2.24, 2.45) is 5.92 Å². The summed E-state index contributed by atoms with van der Waals surface area (Å²) in [5.74, 6) is 0.777. The third kappa shape index (κ3) is 6.71. The Morgan fingerprint density at radius 2 is 1.91 bits per heavy atom. The van der Waals surface area contributed by atoms with Crippen LogP contribution in [0.1, 0.15) is 70.2 Å². The maximum atomic E-state index is 14.3. The molecule has 1 aliphatic carbocycles. The highest BCUT2D eigenvalue weighted by atomic mass is 19.1. The molecule has 0 saturated heterocycles. The summed E-state index contributed by atoms with van der Waals surface area (Å²) in [6, 6.07) is 11.3. The molecule has 7 heteroatoms. The fraction of sp³-hybridized carbons (Fsp3) is 0.600. The number of nitrogens with zero attached hydrogens (tertiary/aromatic N) is 3. The summed E-state index contributed by atoms with van der Waals surface area (Å²) in [7, 11) is 1.67. The summed E-state index contributed by atoms with van der Waals surface area (Å²) in [5, 5.41) is 4.69. The molecule has 1 aromatic carbocycles. The van der Waals surface area contributed by atoms with E-state index < -0.39 is 18.4 Å². The van der Waals surface area contributed by atoms with Crippen LogP contribution in [-0.4, -0.2) is 40.1 Å². The van der Waals surface area contributed by atoms with E-state index >= 15 is 0 Å². The average Bonchev–Trinajstić information content (AvgIpc) is 3.15. The first-order chi connectivity index (χ1) is 15.3. The third-order valence-electron chi connectivity index (χ3n) is 5.75. The van der Waals surface area contributed by atoms with Crippen LogP contribution in [0, 0.1) is 5.92 Å². The minimum absolute atomic E-state index is 0.240. The van der Waals surface area contributed by atoms with Crippen LogP contribution in [0.3, 0.4) is 0 Å². The predicted octanol–water partition coefficient (Wildman–Crippen LogP) is 5.92. The Bertz CT molecular complexity index is 857. The number of hydrogen-bond donors (Lipinski definition) is 0. The van der Waals surface area contributed by atoms with Gasteiger partial charge in [-0.3, -0.25) is 0 Å². The van der Waals surface area contributed by atoms with E-state index in [0.29, 0.717) is 18.2 Å². The second-order valence-electron chi connectivity index (χ2n) is 9.65. The van der Waals surface area contributed by atoms with Gasteiger partial charge in [0.1, 0.15) is 18.9 Å². The van der Waals surface area contributed by atoms with Gasteiger partial charge in [0.2, 0.25) is 5.88 Å². The number of rotatable bonds is 8. The first kappa shape index (κ1) is 24.1. The van der Waals surface area contributed by atoms with Crippen LogP contribution in [0.15, 0.2) is 36.4 Å². The van der Waals surface area contributed by atoms with Gasteiger partial charge in [0, 0.05) is 13.1 Å². The second kappa shape index (κ2) is 10.8. The summed E-state index contributed by atoms with van der Waals surface area (Å²) in [6.45, 7) is 5.64. The van der Waals surface area contributed by atoms with E-state index in [9.17, 15) is 9.18 Å². The number of carbonyl (C=O) groups excluding carboxylic acids is 1. The summed E-state index contributed by atoms with van der Waals surface area (Å²) in [5.41, 5.74) is 1.10. The molecule has 1 fully saturated rings. The van der Waals surface area contributed by atoms with E-state index in [1.807, 2.05) is 57.2 Å². The van der Waals surface area contributed by atoms with Gasteiger partial charge in [-0.05, 0) is 45.1 Å². The third-order valence-corrected chi connectivity index (χ3v) is 5.75. The molecular formula is C25H36FN3O3. The maximum Gasteiger partial charge on any atom is 0.410 e. The fourth-order valence-corrected chi connectivity index (χ4v) is 4.14. The van der Waals surface area contributed by atoms with Crippen LogP contribution in [0.25, 0.3) is 0 Å². The molecule has 2 aromatic rings. The Morgan fingerprint density at radius 1 is 1.22 bits per heavy atom. The molecule has 1 atom stereocenters. The quantitative estimate of drug-likeness (QED) is 0.506. The lowest BCUT2D eigenvalue weighted by Crippen LogP contribution is -2.34. The first-order valence-corrected chi connectivity index (χ1v) is 11.5. The number of carbonyl (C=O) groups is 1. The molecule has 0 radical (unpaired) electrons. The van der Waals surface area contributed by atoms with Crippen molar-refractivity contribution >= 4 is 6.09 Å². The van der Waals surface area contributed by atoms with E-state index in [2.05, 4.69) is 5.10 Å². The zero-order chi connectivity index (χ0) is 23.1. The highest BCUT2D eigenvalue weighted by molar-refractivity contribution is 5.67. The zero-order valence-corrected chi connectivity index (χ0v) is 19.7. The van der Waals surface area contributed by atoms with Gasteiger partial charge < -0.3 is 14.4 Å². The van der Waals surface area contributed by atoms with Crippen LogP contribution >= 0.6 is 0 Å². The van der Waals surface area contributed by atoms with Gasteiger partial charge in [-0.15, -0.1) is 0 Å². The highest BCUT2D eigenvalue weighted by Gasteiger charge is 2.29. The van der Waals surface area contributed by atoms with Crippen molar-refractivity contribution in [1.82, 2.24) is 14.7 Å². The van der Waals surface area contributed by atoms with Crippen molar-refractivity contribution in [3.05, 3.63) is 47.7 Å². The first-order valence-electron chi connectivity index (χ1n) is 11.5. The summed E-state index contributed by atoms with van der Waals surface area (Å²) in [4.78, 5) is 13.9. The number of amides is 1. The minimum atomic E-state index is -0.574. The fourth-order valence-electron chi connectivity index (χ4n) is 4.14. The molecule has 0 N–H and O–H groups in total. The molecule has 1 aromatic heterocycles. The molecule has 6 nitrogen and oxygen atoms in total. The Balaban J connectivity index is 1.80. The Labute approximate surface area is 190 Å². The molecule has 3 rings (SSSR count). The van der Waals surface area contributed by atoms with Crippen molar-refractivity contribution in [3.63, 3.8) is 0 Å². The van der Waals surface area contributed by atoms with Crippen LogP contribution in [0.4, 0.5) is 9.18 Å². The molecule has 32 heavy (non-hydrogen) atoms. The summed E-state index contributed by atoms with van der Waals surface area (Å²) < 4.78 is 27.5. The number of hydrogen-bond acceptors (Lipinski definition) is 4. The van der Waals surface area contributed by atoms with Gasteiger partial charge in [-0.2, -0.15) is 5.10 Å². The smallest absolute Gasteiger partial charge is 0.410 e. The van der Waals surface area contributed by atoms with Crippen LogP contribution in [0.2, 0.25) is 0 Å². The highest BCUT2D eigenvalue weighted by Crippen LogP contribution is 2.35. The number of halogens is 1. The van der Waals surface area contributed by atoms with Gasteiger partial charge in [0.15, 0.2) is 0 Å². The molecule has 1 unspecified atom stereocenters. The van der Waals surface area contributed by atoms with Gasteiger partial charge in [0.05, 0.1) is 18.3 Å². The van der Waals surface area contributed by atoms with Crippen molar-refractivity contribution in [2.45, 2.75) is 77.7 Å². The minimum Gasteiger partial charge on any atom is -0.473 e. The van der Waals surface area contributed by atoms with Gasteiger partial charge in [0.25, 0.3) is 0 Å². The lowest BCUT2D eigenvalue weighted by Gasteiger charge is -2.29. The number of aromatic nitrogens is 2. The van der Waals surface area contributed by atoms with Gasteiger partial charge in [-0.25, -0.2) is 13.9 Å². The van der Waals surface area contributed by atoms with Gasteiger partial charge >= 0.3 is 6.09 Å². The van der Waals surface area contributed by atoms with E-state index in [1.54, 1.807) is 11.7 Å². The van der Waals surface area contributed by atoms with Crippen LogP contribution in [-0.2, 0) is 17.9 Å². The topological polar surface area (TPSA) is 56.6 Å². The van der Waals surface area contributed by atoms with Crippen molar-refractivity contribution in [3.8, 4) is 5.88 Å². The predicted molar refractivity (Wildman–Crippen MR) is 122 cm³/mol. The number of alkyl halides is 1. The van der Waals surface area contributed by atoms with E-state index in [-0.39, 0.29) is 18.5 Å². The normalized spacial score (nSPS) is 15.9. The molecule has 1 amide bonds. The average molecular weight is 446 g/mol. The van der Waals surface area contributed by atoms with E-state index in [0.717, 1.165) is 31.2 Å². The molecule has 0 bridgehead atoms. The molecule has 1 saturated carbocycles. The molecule has 1 heterocycles.